The highest BCUT2D eigenvalue weighted by atomic mass is 31.2. The first-order valence-corrected chi connectivity index (χ1v) is 43.0. The van der Waals surface area contributed by atoms with Gasteiger partial charge in [0.15, 0.2) is 12.2 Å². The van der Waals surface area contributed by atoms with E-state index in [4.69, 9.17) is 37.0 Å². The van der Waals surface area contributed by atoms with Crippen molar-refractivity contribution in [3.05, 3.63) is 0 Å². The maximum Gasteiger partial charge on any atom is 0.472 e. The van der Waals surface area contributed by atoms with Crippen LogP contribution in [0.4, 0.5) is 0 Å². The third-order valence-corrected chi connectivity index (χ3v) is 20.2. The summed E-state index contributed by atoms with van der Waals surface area (Å²) in [5.41, 5.74) is 0. The van der Waals surface area contributed by atoms with E-state index in [1.54, 1.807) is 0 Å². The number of unbranched alkanes of at least 4 members (excludes halogenated alkanes) is 45. The standard InChI is InChI=1S/C77H150O17P2/c1-7-10-12-14-16-18-20-21-22-23-24-25-26-27-28-30-36-43-49-55-61-76(81)93-72(65-88-75(80)60-54-48-42-35-32-31-33-39-45-51-57-69(4)5)67-91-95(83,84)89-63-71(78)64-90-96(85,86)92-68-73(66-87-74(79)59-53-47-41-34-29-19-17-15-13-11-8-2)94-77(82)62-56-50-44-38-37-40-46-52-58-70(6)9-3/h69-73,78H,7-68H2,1-6H3,(H,83,84)(H,85,86)/t70?,71-,72-,73-/m1/s1. The van der Waals surface area contributed by atoms with Crippen LogP contribution in [0, 0.1) is 11.8 Å². The van der Waals surface area contributed by atoms with Crippen LogP contribution in [0.3, 0.4) is 0 Å². The lowest BCUT2D eigenvalue weighted by atomic mass is 9.99. The van der Waals surface area contributed by atoms with Crippen molar-refractivity contribution >= 4 is 39.5 Å². The molecule has 0 amide bonds. The largest absolute Gasteiger partial charge is 0.472 e. The van der Waals surface area contributed by atoms with Crippen molar-refractivity contribution in [1.29, 1.82) is 0 Å². The zero-order chi connectivity index (χ0) is 70.7. The summed E-state index contributed by atoms with van der Waals surface area (Å²) < 4.78 is 68.6. The Morgan fingerprint density at radius 2 is 0.531 bits per heavy atom. The topological polar surface area (TPSA) is 237 Å². The third-order valence-electron chi connectivity index (χ3n) is 18.3. The van der Waals surface area contributed by atoms with Crippen molar-refractivity contribution in [1.82, 2.24) is 0 Å². The summed E-state index contributed by atoms with van der Waals surface area (Å²) in [5.74, 6) is -0.588. The van der Waals surface area contributed by atoms with Crippen molar-refractivity contribution in [3.8, 4) is 0 Å². The summed E-state index contributed by atoms with van der Waals surface area (Å²) >= 11 is 0. The molecule has 3 unspecified atom stereocenters. The number of ether oxygens (including phenoxy) is 4. The van der Waals surface area contributed by atoms with Crippen LogP contribution in [0.5, 0.6) is 0 Å². The molecular weight excluding hydrogens is 1260 g/mol. The van der Waals surface area contributed by atoms with Crippen molar-refractivity contribution in [2.45, 2.75) is 419 Å². The van der Waals surface area contributed by atoms with Crippen molar-refractivity contribution < 1.29 is 80.2 Å². The van der Waals surface area contributed by atoms with Gasteiger partial charge in [-0.15, -0.1) is 0 Å². The molecule has 0 aliphatic rings. The van der Waals surface area contributed by atoms with Crippen LogP contribution in [-0.2, 0) is 65.4 Å². The molecule has 0 saturated heterocycles. The molecule has 0 aromatic rings. The van der Waals surface area contributed by atoms with E-state index in [2.05, 4.69) is 41.5 Å². The maximum absolute atomic E-state index is 13.1. The Bertz CT molecular complexity index is 1860. The summed E-state index contributed by atoms with van der Waals surface area (Å²) in [6.45, 7) is 9.59. The summed E-state index contributed by atoms with van der Waals surface area (Å²) in [7, 11) is -9.91. The number of hydrogen-bond donors (Lipinski definition) is 3. The summed E-state index contributed by atoms with van der Waals surface area (Å²) in [5, 5.41) is 10.6. The first-order valence-electron chi connectivity index (χ1n) is 40.0. The van der Waals surface area contributed by atoms with Crippen LogP contribution in [0.2, 0.25) is 0 Å². The Kier molecular flexibility index (Phi) is 67.4. The Labute approximate surface area is 588 Å². The van der Waals surface area contributed by atoms with Crippen LogP contribution in [0.1, 0.15) is 401 Å². The predicted octanol–water partition coefficient (Wildman–Crippen LogP) is 22.7. The van der Waals surface area contributed by atoms with E-state index in [0.29, 0.717) is 25.7 Å². The van der Waals surface area contributed by atoms with Crippen LogP contribution in [0.25, 0.3) is 0 Å². The van der Waals surface area contributed by atoms with Gasteiger partial charge >= 0.3 is 39.5 Å². The van der Waals surface area contributed by atoms with Crippen LogP contribution in [0.15, 0.2) is 0 Å². The highest BCUT2D eigenvalue weighted by Gasteiger charge is 2.30. The average Bonchev–Trinajstić information content (AvgIpc) is 1.50. The van der Waals surface area contributed by atoms with E-state index in [9.17, 15) is 43.2 Å². The minimum Gasteiger partial charge on any atom is -0.462 e. The number of carbonyl (C=O) groups is 4. The quantitative estimate of drug-likeness (QED) is 0.0222. The first-order chi connectivity index (χ1) is 46.4. The van der Waals surface area contributed by atoms with Gasteiger partial charge in [-0.3, -0.25) is 37.3 Å². The molecule has 3 N–H and O–H groups in total. The molecule has 0 radical (unpaired) electrons. The Balaban J connectivity index is 5.22. The van der Waals surface area contributed by atoms with Gasteiger partial charge in [0.25, 0.3) is 0 Å². The number of aliphatic hydroxyl groups excluding tert-OH is 1. The number of phosphoric ester groups is 2. The number of phosphoric acid groups is 2. The normalized spacial score (nSPS) is 14.3. The highest BCUT2D eigenvalue weighted by molar-refractivity contribution is 7.47. The first kappa shape index (κ1) is 94.1. The monoisotopic (exact) mass is 1410 g/mol. The molecule has 6 atom stereocenters. The van der Waals surface area contributed by atoms with Crippen molar-refractivity contribution in [2.75, 3.05) is 39.6 Å². The molecule has 0 rings (SSSR count). The van der Waals surface area contributed by atoms with E-state index >= 15 is 0 Å². The fourth-order valence-corrected chi connectivity index (χ4v) is 13.4. The lowest BCUT2D eigenvalue weighted by Crippen LogP contribution is -2.30. The number of carbonyl (C=O) groups excluding carboxylic acids is 4. The molecule has 0 aromatic heterocycles. The molecule has 0 aliphatic heterocycles. The Morgan fingerprint density at radius 1 is 0.302 bits per heavy atom. The average molecular weight is 1410 g/mol. The zero-order valence-corrected chi connectivity index (χ0v) is 64.5. The molecule has 0 saturated carbocycles. The second kappa shape index (κ2) is 68.8. The maximum atomic E-state index is 13.1. The molecular formula is C77H150O17P2. The van der Waals surface area contributed by atoms with E-state index in [-0.39, 0.29) is 25.7 Å². The van der Waals surface area contributed by atoms with E-state index in [1.165, 1.54) is 218 Å². The molecule has 19 heteroatoms. The molecule has 0 aromatic carbocycles. The summed E-state index contributed by atoms with van der Waals surface area (Å²) in [4.78, 5) is 72.8. The van der Waals surface area contributed by atoms with Gasteiger partial charge in [0, 0.05) is 25.7 Å². The minimum atomic E-state index is -4.96. The van der Waals surface area contributed by atoms with Gasteiger partial charge in [-0.2, -0.15) is 0 Å². The second-order valence-electron chi connectivity index (χ2n) is 28.5. The van der Waals surface area contributed by atoms with Crippen LogP contribution >= 0.6 is 15.6 Å². The molecule has 570 valence electrons. The molecule has 96 heavy (non-hydrogen) atoms. The predicted molar refractivity (Wildman–Crippen MR) is 391 cm³/mol. The fourth-order valence-electron chi connectivity index (χ4n) is 11.8. The Hall–Kier alpha value is -1.94. The van der Waals surface area contributed by atoms with Gasteiger partial charge in [0.2, 0.25) is 0 Å². The summed E-state index contributed by atoms with van der Waals surface area (Å²) in [6.07, 6.45) is 56.8. The number of rotatable bonds is 76. The van der Waals surface area contributed by atoms with Crippen molar-refractivity contribution in [2.24, 2.45) is 11.8 Å². The van der Waals surface area contributed by atoms with Gasteiger partial charge in [-0.1, -0.05) is 350 Å². The highest BCUT2D eigenvalue weighted by Crippen LogP contribution is 2.45. The lowest BCUT2D eigenvalue weighted by molar-refractivity contribution is -0.161. The second-order valence-corrected chi connectivity index (χ2v) is 31.4. The Morgan fingerprint density at radius 3 is 0.792 bits per heavy atom. The molecule has 0 fully saturated rings. The SMILES string of the molecule is CCCCCCCCCCCCCCCCCCCCCCC(=O)O[C@H](COC(=O)CCCCCCCCCCCCC(C)C)COP(=O)(O)OC[C@@H](O)COP(=O)(O)OC[C@@H](COC(=O)CCCCCCCCCCCCC)OC(=O)CCCCCCCCCCC(C)CC. The number of aliphatic hydroxyl groups is 1. The van der Waals surface area contributed by atoms with Crippen molar-refractivity contribution in [3.63, 3.8) is 0 Å². The molecule has 0 heterocycles. The molecule has 0 spiro atoms. The lowest BCUT2D eigenvalue weighted by Gasteiger charge is -2.21. The van der Waals surface area contributed by atoms with Gasteiger partial charge in [0.1, 0.15) is 19.3 Å². The third kappa shape index (κ3) is 69.2. The minimum absolute atomic E-state index is 0.105. The van der Waals surface area contributed by atoms with E-state index in [0.717, 1.165) is 102 Å². The van der Waals surface area contributed by atoms with Gasteiger partial charge in [-0.25, -0.2) is 9.13 Å². The number of esters is 4. The van der Waals surface area contributed by atoms with E-state index < -0.39 is 97.5 Å². The number of hydrogen-bond acceptors (Lipinski definition) is 15. The molecule has 0 aliphatic carbocycles. The zero-order valence-electron chi connectivity index (χ0n) is 62.7. The van der Waals surface area contributed by atoms with Gasteiger partial charge < -0.3 is 33.8 Å². The van der Waals surface area contributed by atoms with E-state index in [1.807, 2.05) is 0 Å². The van der Waals surface area contributed by atoms with Crippen LogP contribution < -0.4 is 0 Å². The van der Waals surface area contributed by atoms with Gasteiger partial charge in [0.05, 0.1) is 26.4 Å². The van der Waals surface area contributed by atoms with Gasteiger partial charge in [-0.05, 0) is 37.5 Å². The molecule has 0 bridgehead atoms. The van der Waals surface area contributed by atoms with Crippen LogP contribution in [-0.4, -0.2) is 96.7 Å². The smallest absolute Gasteiger partial charge is 0.462 e. The summed E-state index contributed by atoms with van der Waals surface area (Å²) in [6, 6.07) is 0. The fraction of sp³-hybridized carbons (Fsp3) is 0.948. The molecule has 17 nitrogen and oxygen atoms in total.